The minimum Gasteiger partial charge on any atom is -0.323 e. The molecule has 1 aliphatic heterocycles. The average molecular weight is 250 g/mol. The van der Waals surface area contributed by atoms with Gasteiger partial charge in [-0.25, -0.2) is 0 Å². The van der Waals surface area contributed by atoms with Gasteiger partial charge in [-0.05, 0) is 32.6 Å². The predicted octanol–water partition coefficient (Wildman–Crippen LogP) is 2.80. The molecule has 1 N–H and O–H groups in total. The van der Waals surface area contributed by atoms with E-state index in [-0.39, 0.29) is 11.7 Å². The van der Waals surface area contributed by atoms with E-state index in [9.17, 15) is 4.79 Å². The molecule has 0 bridgehead atoms. The Bertz CT molecular complexity index is 314. The Morgan fingerprint density at radius 2 is 1.67 bits per heavy atom. The van der Waals surface area contributed by atoms with E-state index in [0.29, 0.717) is 11.9 Å². The van der Waals surface area contributed by atoms with Crippen LogP contribution in [0.25, 0.3) is 0 Å². The van der Waals surface area contributed by atoms with Gasteiger partial charge in [0.25, 0.3) is 0 Å². The highest BCUT2D eigenvalue weighted by Gasteiger charge is 2.52. The molecule has 0 aromatic rings. The van der Waals surface area contributed by atoms with E-state index in [1.807, 2.05) is 0 Å². The van der Waals surface area contributed by atoms with Gasteiger partial charge in [0.2, 0.25) is 5.91 Å². The minimum atomic E-state index is -0.175. The second-order valence-corrected chi connectivity index (χ2v) is 6.47. The van der Waals surface area contributed by atoms with Crippen molar-refractivity contribution in [3.8, 4) is 0 Å². The van der Waals surface area contributed by atoms with E-state index in [0.717, 1.165) is 12.8 Å². The van der Waals surface area contributed by atoms with E-state index in [1.165, 1.54) is 51.4 Å². The summed E-state index contributed by atoms with van der Waals surface area (Å²) >= 11 is 0. The molecular weight excluding hydrogens is 224 g/mol. The number of hydrogen-bond acceptors (Lipinski definition) is 2. The molecule has 1 unspecified atom stereocenters. The Morgan fingerprint density at radius 1 is 1.06 bits per heavy atom. The predicted molar refractivity (Wildman–Crippen MR) is 72.1 cm³/mol. The first-order valence-corrected chi connectivity index (χ1v) is 7.83. The smallest absolute Gasteiger partial charge is 0.244 e. The first-order chi connectivity index (χ1) is 8.73. The Labute approximate surface area is 110 Å². The summed E-state index contributed by atoms with van der Waals surface area (Å²) in [6.07, 6.45) is 12.5. The summed E-state index contributed by atoms with van der Waals surface area (Å²) in [7, 11) is 0. The number of carbonyl (C=O) groups is 1. The third-order valence-corrected chi connectivity index (χ3v) is 5.22. The Balaban J connectivity index is 1.77. The zero-order valence-electron chi connectivity index (χ0n) is 11.6. The zero-order chi connectivity index (χ0) is 12.6. The molecule has 2 saturated carbocycles. The topological polar surface area (TPSA) is 32.3 Å². The number of amides is 1. The average Bonchev–Trinajstić information content (AvgIpc) is 2.78. The fraction of sp³-hybridized carbons (Fsp3) is 0.933. The maximum Gasteiger partial charge on any atom is 0.244 e. The van der Waals surface area contributed by atoms with Crippen LogP contribution in [0.1, 0.15) is 71.1 Å². The second-order valence-electron chi connectivity index (χ2n) is 6.47. The van der Waals surface area contributed by atoms with Crippen molar-refractivity contribution < 1.29 is 4.79 Å². The molecule has 0 radical (unpaired) electrons. The molecule has 1 spiro atoms. The fourth-order valence-electron chi connectivity index (χ4n) is 4.31. The molecule has 1 atom stereocenters. The molecule has 1 amide bonds. The fourth-order valence-corrected chi connectivity index (χ4v) is 4.31. The van der Waals surface area contributed by atoms with Gasteiger partial charge in [-0.1, -0.05) is 38.5 Å². The van der Waals surface area contributed by atoms with Gasteiger partial charge in [0.1, 0.15) is 0 Å². The number of nitrogens with zero attached hydrogens (tertiary/aromatic N) is 1. The van der Waals surface area contributed by atoms with Crippen LogP contribution in [0.2, 0.25) is 0 Å². The van der Waals surface area contributed by atoms with E-state index in [4.69, 9.17) is 0 Å². The lowest BCUT2D eigenvalue weighted by Gasteiger charge is -2.30. The SMILES string of the molecule is CC1NC2(CCCC2)C(=O)N1C1CCCCCC1. The molecular formula is C15H26N2O. The van der Waals surface area contributed by atoms with Crippen LogP contribution in [-0.4, -0.2) is 28.6 Å². The number of carbonyl (C=O) groups excluding carboxylic acids is 1. The first kappa shape index (κ1) is 12.5. The van der Waals surface area contributed by atoms with Gasteiger partial charge in [0.15, 0.2) is 0 Å². The van der Waals surface area contributed by atoms with Crippen molar-refractivity contribution in [1.29, 1.82) is 0 Å². The van der Waals surface area contributed by atoms with Crippen molar-refractivity contribution in [2.75, 3.05) is 0 Å². The molecule has 3 rings (SSSR count). The van der Waals surface area contributed by atoms with Crippen molar-refractivity contribution in [3.63, 3.8) is 0 Å². The summed E-state index contributed by atoms with van der Waals surface area (Å²) in [5.41, 5.74) is -0.175. The van der Waals surface area contributed by atoms with Crippen LogP contribution in [0.15, 0.2) is 0 Å². The van der Waals surface area contributed by atoms with Crippen LogP contribution < -0.4 is 5.32 Å². The molecule has 2 aliphatic carbocycles. The number of rotatable bonds is 1. The zero-order valence-corrected chi connectivity index (χ0v) is 11.6. The molecule has 102 valence electrons. The standard InChI is InChI=1S/C15H26N2O/c1-12-16-15(10-6-7-11-15)14(18)17(12)13-8-4-2-3-5-9-13/h12-13,16H,2-11H2,1H3. The van der Waals surface area contributed by atoms with Crippen molar-refractivity contribution in [3.05, 3.63) is 0 Å². The monoisotopic (exact) mass is 250 g/mol. The molecule has 3 heteroatoms. The molecule has 1 heterocycles. The molecule has 3 fully saturated rings. The maximum atomic E-state index is 12.8. The molecule has 3 nitrogen and oxygen atoms in total. The van der Waals surface area contributed by atoms with Crippen molar-refractivity contribution in [2.24, 2.45) is 0 Å². The quantitative estimate of drug-likeness (QED) is 0.726. The van der Waals surface area contributed by atoms with Crippen LogP contribution in [0, 0.1) is 0 Å². The van der Waals surface area contributed by atoms with Crippen molar-refractivity contribution in [2.45, 2.75) is 88.9 Å². The third kappa shape index (κ3) is 1.97. The summed E-state index contributed by atoms with van der Waals surface area (Å²) in [6, 6.07) is 0.502. The second kappa shape index (κ2) is 4.84. The van der Waals surface area contributed by atoms with E-state index in [1.54, 1.807) is 0 Å². The van der Waals surface area contributed by atoms with E-state index < -0.39 is 0 Å². The lowest BCUT2D eigenvalue weighted by molar-refractivity contribution is -0.135. The van der Waals surface area contributed by atoms with E-state index in [2.05, 4.69) is 17.1 Å². The maximum absolute atomic E-state index is 12.8. The highest BCUT2D eigenvalue weighted by Crippen LogP contribution is 2.38. The molecule has 0 aromatic carbocycles. The molecule has 1 saturated heterocycles. The number of hydrogen-bond donors (Lipinski definition) is 1. The summed E-state index contributed by atoms with van der Waals surface area (Å²) in [5, 5.41) is 3.62. The van der Waals surface area contributed by atoms with Gasteiger partial charge >= 0.3 is 0 Å². The van der Waals surface area contributed by atoms with Gasteiger partial charge in [-0.15, -0.1) is 0 Å². The third-order valence-electron chi connectivity index (χ3n) is 5.22. The van der Waals surface area contributed by atoms with Gasteiger partial charge in [-0.2, -0.15) is 0 Å². The van der Waals surface area contributed by atoms with Crippen LogP contribution in [0.5, 0.6) is 0 Å². The van der Waals surface area contributed by atoms with Crippen LogP contribution in [-0.2, 0) is 4.79 Å². The largest absolute Gasteiger partial charge is 0.323 e. The summed E-state index contributed by atoms with van der Waals surface area (Å²) in [6.45, 7) is 2.18. The number of nitrogens with one attached hydrogen (secondary N) is 1. The molecule has 18 heavy (non-hydrogen) atoms. The lowest BCUT2D eigenvalue weighted by atomic mass is 9.97. The Kier molecular flexibility index (Phi) is 3.35. The van der Waals surface area contributed by atoms with Crippen LogP contribution in [0.3, 0.4) is 0 Å². The summed E-state index contributed by atoms with van der Waals surface area (Å²) < 4.78 is 0. The van der Waals surface area contributed by atoms with Crippen molar-refractivity contribution in [1.82, 2.24) is 10.2 Å². The van der Waals surface area contributed by atoms with Crippen LogP contribution in [0.4, 0.5) is 0 Å². The first-order valence-electron chi connectivity index (χ1n) is 7.83. The lowest BCUT2D eigenvalue weighted by Crippen LogP contribution is -2.45. The highest BCUT2D eigenvalue weighted by molar-refractivity contribution is 5.89. The highest BCUT2D eigenvalue weighted by atomic mass is 16.2. The Morgan fingerprint density at radius 3 is 2.28 bits per heavy atom. The van der Waals surface area contributed by atoms with Gasteiger partial charge in [-0.3, -0.25) is 10.1 Å². The molecule has 0 aromatic heterocycles. The minimum absolute atomic E-state index is 0.175. The van der Waals surface area contributed by atoms with Crippen LogP contribution >= 0.6 is 0 Å². The summed E-state index contributed by atoms with van der Waals surface area (Å²) in [4.78, 5) is 15.0. The van der Waals surface area contributed by atoms with Gasteiger partial charge in [0, 0.05) is 6.04 Å². The molecule has 3 aliphatic rings. The van der Waals surface area contributed by atoms with Crippen molar-refractivity contribution >= 4 is 5.91 Å². The normalized spacial score (nSPS) is 33.3. The summed E-state index contributed by atoms with van der Waals surface area (Å²) in [5.74, 6) is 0.416. The van der Waals surface area contributed by atoms with Gasteiger partial charge in [0.05, 0.1) is 11.7 Å². The van der Waals surface area contributed by atoms with Gasteiger partial charge < -0.3 is 4.90 Å². The van der Waals surface area contributed by atoms with E-state index >= 15 is 0 Å². The Hall–Kier alpha value is -0.570.